The first kappa shape index (κ1) is 22.5. The van der Waals surface area contributed by atoms with Crippen molar-refractivity contribution in [2.24, 2.45) is 0 Å². The summed E-state index contributed by atoms with van der Waals surface area (Å²) >= 11 is 1.57. The van der Waals surface area contributed by atoms with Gasteiger partial charge < -0.3 is 15.0 Å². The molecule has 0 aliphatic carbocycles. The summed E-state index contributed by atoms with van der Waals surface area (Å²) in [7, 11) is 0. The quantitative estimate of drug-likeness (QED) is 0.752. The van der Waals surface area contributed by atoms with E-state index in [-0.39, 0.29) is 30.4 Å². The number of ether oxygens (including phenoxy) is 1. The molecule has 2 aliphatic heterocycles. The highest BCUT2D eigenvalue weighted by atomic mass is 32.1. The Kier molecular flexibility index (Phi) is 6.62. The van der Waals surface area contributed by atoms with Gasteiger partial charge in [0.05, 0.1) is 13.0 Å². The van der Waals surface area contributed by atoms with Crippen LogP contribution in [-0.4, -0.2) is 65.0 Å². The molecule has 1 unspecified atom stereocenters. The lowest BCUT2D eigenvalue weighted by molar-refractivity contribution is -0.143. The number of piperidine rings is 1. The van der Waals surface area contributed by atoms with Gasteiger partial charge in [-0.05, 0) is 37.4 Å². The molecule has 32 heavy (non-hydrogen) atoms. The summed E-state index contributed by atoms with van der Waals surface area (Å²) in [5, 5.41) is 4.89. The van der Waals surface area contributed by atoms with Crippen molar-refractivity contribution in [1.29, 1.82) is 0 Å². The van der Waals surface area contributed by atoms with Crippen LogP contribution < -0.4 is 5.32 Å². The second kappa shape index (κ2) is 9.42. The van der Waals surface area contributed by atoms with E-state index >= 15 is 0 Å². The first-order chi connectivity index (χ1) is 15.4. The molecule has 1 spiro atoms. The van der Waals surface area contributed by atoms with Crippen molar-refractivity contribution in [1.82, 2.24) is 15.1 Å². The van der Waals surface area contributed by atoms with E-state index < -0.39 is 11.8 Å². The lowest BCUT2D eigenvalue weighted by Crippen LogP contribution is -2.60. The van der Waals surface area contributed by atoms with Crippen LogP contribution in [0.1, 0.15) is 41.9 Å². The largest absolute Gasteiger partial charge is 0.353 e. The number of carbonyl (C=O) groups is 3. The SMILES string of the molecule is CC(C)NC(=O)C1COC2(CCN(C(=O)Cc3cccs3)CC2)N1C(=O)c1ccccc1. The Hall–Kier alpha value is -2.71. The van der Waals surface area contributed by atoms with Crippen molar-refractivity contribution in [3.63, 3.8) is 0 Å². The Morgan fingerprint density at radius 3 is 2.47 bits per heavy atom. The summed E-state index contributed by atoms with van der Waals surface area (Å²) in [6, 6.07) is 12.2. The fourth-order valence-electron chi connectivity index (χ4n) is 4.45. The number of rotatable bonds is 5. The number of nitrogens with one attached hydrogen (secondary N) is 1. The van der Waals surface area contributed by atoms with Crippen LogP contribution in [0.5, 0.6) is 0 Å². The molecular weight excluding hydrogens is 426 g/mol. The highest BCUT2D eigenvalue weighted by Gasteiger charge is 2.54. The second-order valence-corrected chi connectivity index (χ2v) is 9.65. The minimum absolute atomic E-state index is 0.0375. The van der Waals surface area contributed by atoms with E-state index in [4.69, 9.17) is 4.74 Å². The van der Waals surface area contributed by atoms with E-state index in [2.05, 4.69) is 5.32 Å². The van der Waals surface area contributed by atoms with Crippen molar-refractivity contribution in [2.45, 2.75) is 50.9 Å². The number of hydrogen-bond acceptors (Lipinski definition) is 5. The molecule has 2 saturated heterocycles. The van der Waals surface area contributed by atoms with Gasteiger partial charge in [-0.3, -0.25) is 19.3 Å². The summed E-state index contributed by atoms with van der Waals surface area (Å²) < 4.78 is 6.19. The first-order valence-electron chi connectivity index (χ1n) is 11.0. The van der Waals surface area contributed by atoms with Crippen LogP contribution >= 0.6 is 11.3 Å². The van der Waals surface area contributed by atoms with Gasteiger partial charge in [0.1, 0.15) is 11.8 Å². The molecule has 8 heteroatoms. The normalized spacial score (nSPS) is 20.0. The molecule has 0 bridgehead atoms. The lowest BCUT2D eigenvalue weighted by atomic mass is 9.96. The topological polar surface area (TPSA) is 79.0 Å². The maximum atomic E-state index is 13.5. The van der Waals surface area contributed by atoms with Gasteiger partial charge in [0.25, 0.3) is 5.91 Å². The Morgan fingerprint density at radius 2 is 1.84 bits per heavy atom. The van der Waals surface area contributed by atoms with Crippen LogP contribution in [0.25, 0.3) is 0 Å². The van der Waals surface area contributed by atoms with Crippen molar-refractivity contribution in [3.8, 4) is 0 Å². The number of hydrogen-bond donors (Lipinski definition) is 1. The van der Waals surface area contributed by atoms with Crippen LogP contribution in [0.2, 0.25) is 0 Å². The molecule has 0 radical (unpaired) electrons. The number of nitrogens with zero attached hydrogens (tertiary/aromatic N) is 2. The smallest absolute Gasteiger partial charge is 0.256 e. The van der Waals surface area contributed by atoms with Crippen molar-refractivity contribution < 1.29 is 19.1 Å². The van der Waals surface area contributed by atoms with Gasteiger partial charge in [-0.25, -0.2) is 0 Å². The third kappa shape index (κ3) is 4.56. The summed E-state index contributed by atoms with van der Waals surface area (Å²) in [4.78, 5) is 43.7. The van der Waals surface area contributed by atoms with E-state index in [1.807, 2.05) is 54.5 Å². The van der Waals surface area contributed by atoms with Gasteiger partial charge in [0.15, 0.2) is 0 Å². The lowest BCUT2D eigenvalue weighted by Gasteiger charge is -2.44. The minimum Gasteiger partial charge on any atom is -0.353 e. The molecule has 2 fully saturated rings. The molecule has 7 nitrogen and oxygen atoms in total. The molecule has 2 aliphatic rings. The second-order valence-electron chi connectivity index (χ2n) is 8.61. The fraction of sp³-hybridized carbons (Fsp3) is 0.458. The molecule has 1 aromatic carbocycles. The number of likely N-dealkylation sites (tertiary alicyclic amines) is 1. The van der Waals surface area contributed by atoms with Crippen molar-refractivity contribution in [3.05, 3.63) is 58.3 Å². The average molecular weight is 456 g/mol. The third-order valence-corrected chi connectivity index (χ3v) is 6.91. The fourth-order valence-corrected chi connectivity index (χ4v) is 5.14. The number of benzene rings is 1. The molecule has 3 heterocycles. The van der Waals surface area contributed by atoms with E-state index in [9.17, 15) is 14.4 Å². The Bertz CT molecular complexity index is 953. The minimum atomic E-state index is -0.883. The summed E-state index contributed by atoms with van der Waals surface area (Å²) in [5.41, 5.74) is -0.359. The van der Waals surface area contributed by atoms with Gasteiger partial charge in [-0.1, -0.05) is 24.3 Å². The summed E-state index contributed by atoms with van der Waals surface area (Å²) in [6.07, 6.45) is 1.35. The predicted molar refractivity (Wildman–Crippen MR) is 122 cm³/mol. The number of thiophene rings is 1. The van der Waals surface area contributed by atoms with Gasteiger partial charge in [0.2, 0.25) is 11.8 Å². The predicted octanol–water partition coefficient (Wildman–Crippen LogP) is 2.68. The molecule has 2 aromatic rings. The number of amides is 3. The van der Waals surface area contributed by atoms with Gasteiger partial charge >= 0.3 is 0 Å². The van der Waals surface area contributed by atoms with Gasteiger partial charge in [-0.2, -0.15) is 0 Å². The van der Waals surface area contributed by atoms with Crippen LogP contribution in [0, 0.1) is 0 Å². The van der Waals surface area contributed by atoms with Gasteiger partial charge in [0, 0.05) is 42.4 Å². The van der Waals surface area contributed by atoms with E-state index in [1.54, 1.807) is 28.4 Å². The maximum absolute atomic E-state index is 13.5. The Balaban J connectivity index is 1.53. The molecule has 1 N–H and O–H groups in total. The molecule has 1 aromatic heterocycles. The summed E-state index contributed by atoms with van der Waals surface area (Å²) in [5.74, 6) is -0.349. The maximum Gasteiger partial charge on any atom is 0.256 e. The highest BCUT2D eigenvalue weighted by molar-refractivity contribution is 7.10. The van der Waals surface area contributed by atoms with E-state index in [0.29, 0.717) is 37.9 Å². The van der Waals surface area contributed by atoms with Crippen LogP contribution in [0.3, 0.4) is 0 Å². The zero-order valence-electron chi connectivity index (χ0n) is 18.5. The van der Waals surface area contributed by atoms with Crippen LogP contribution in [0.4, 0.5) is 0 Å². The zero-order chi connectivity index (χ0) is 22.7. The molecule has 1 atom stereocenters. The van der Waals surface area contributed by atoms with Gasteiger partial charge in [-0.15, -0.1) is 11.3 Å². The van der Waals surface area contributed by atoms with E-state index in [0.717, 1.165) is 4.88 Å². The summed E-state index contributed by atoms with van der Waals surface area (Å²) in [6.45, 7) is 4.91. The zero-order valence-corrected chi connectivity index (χ0v) is 19.3. The average Bonchev–Trinajstić information content (AvgIpc) is 3.42. The van der Waals surface area contributed by atoms with Crippen molar-refractivity contribution >= 4 is 29.1 Å². The standard InChI is InChI=1S/C24H29N3O4S/c1-17(2)25-22(29)20-16-31-24(27(20)23(30)18-7-4-3-5-8-18)10-12-26(13-11-24)21(28)15-19-9-6-14-32-19/h3-9,14,17,20H,10-13,15-16H2,1-2H3,(H,25,29). The third-order valence-electron chi connectivity index (χ3n) is 6.04. The number of carbonyl (C=O) groups excluding carboxylic acids is 3. The Morgan fingerprint density at radius 1 is 1.12 bits per heavy atom. The molecule has 4 rings (SSSR count). The monoisotopic (exact) mass is 455 g/mol. The molecular formula is C24H29N3O4S. The van der Waals surface area contributed by atoms with Crippen LogP contribution in [0.15, 0.2) is 47.8 Å². The van der Waals surface area contributed by atoms with Crippen LogP contribution in [-0.2, 0) is 20.7 Å². The molecule has 0 saturated carbocycles. The Labute approximate surface area is 192 Å². The van der Waals surface area contributed by atoms with E-state index in [1.165, 1.54) is 0 Å². The molecule has 170 valence electrons. The first-order valence-corrected chi connectivity index (χ1v) is 11.9. The molecule has 3 amide bonds. The van der Waals surface area contributed by atoms with Crippen molar-refractivity contribution in [2.75, 3.05) is 19.7 Å². The highest BCUT2D eigenvalue weighted by Crippen LogP contribution is 2.38.